The van der Waals surface area contributed by atoms with Crippen LogP contribution in [0.3, 0.4) is 0 Å². The topological polar surface area (TPSA) is 51.8 Å². The summed E-state index contributed by atoms with van der Waals surface area (Å²) in [5.41, 5.74) is 2.28. The Bertz CT molecular complexity index is 790. The predicted octanol–water partition coefficient (Wildman–Crippen LogP) is 3.29. The van der Waals surface area contributed by atoms with Crippen molar-refractivity contribution in [3.63, 3.8) is 0 Å². The number of benzene rings is 2. The number of aliphatic hydroxyl groups excluding tert-OH is 1. The van der Waals surface area contributed by atoms with Crippen LogP contribution in [0.15, 0.2) is 53.1 Å². The molecular weight excluding hydrogens is 268 g/mol. The maximum Gasteiger partial charge on any atom is 0.161 e. The van der Waals surface area contributed by atoms with Crippen molar-refractivity contribution in [1.29, 1.82) is 0 Å². The molecule has 0 fully saturated rings. The molecule has 106 valence electrons. The number of para-hydroxylation sites is 1. The second-order valence-corrected chi connectivity index (χ2v) is 4.99. The van der Waals surface area contributed by atoms with Crippen molar-refractivity contribution in [3.8, 4) is 11.5 Å². The molecule has 0 saturated carbocycles. The number of hydrogen-bond donors (Lipinski definition) is 1. The van der Waals surface area contributed by atoms with Crippen molar-refractivity contribution in [1.82, 2.24) is 0 Å². The smallest absolute Gasteiger partial charge is 0.161 e. The van der Waals surface area contributed by atoms with Crippen molar-refractivity contribution < 1.29 is 19.0 Å². The number of rotatable bonds is 2. The van der Waals surface area contributed by atoms with Crippen LogP contribution >= 0.6 is 0 Å². The molecule has 0 aliphatic carbocycles. The lowest BCUT2D eigenvalue weighted by molar-refractivity contribution is 0.169. The van der Waals surface area contributed by atoms with Crippen molar-refractivity contribution in [3.05, 3.63) is 59.9 Å². The van der Waals surface area contributed by atoms with E-state index >= 15 is 0 Å². The van der Waals surface area contributed by atoms with Crippen LogP contribution in [0.4, 0.5) is 0 Å². The van der Waals surface area contributed by atoms with Crippen LogP contribution < -0.4 is 9.47 Å². The summed E-state index contributed by atoms with van der Waals surface area (Å²) in [6.07, 6.45) is 0.844. The molecule has 0 bridgehead atoms. The van der Waals surface area contributed by atoms with Gasteiger partial charge in [-0.1, -0.05) is 24.3 Å². The van der Waals surface area contributed by atoms with Crippen LogP contribution in [0, 0.1) is 0 Å². The minimum absolute atomic E-state index is 0.529. The van der Waals surface area contributed by atoms with Crippen LogP contribution in [0.2, 0.25) is 0 Å². The molecule has 1 aliphatic rings. The number of aliphatic hydroxyl groups is 1. The quantitative estimate of drug-likeness (QED) is 0.783. The standard InChI is InChI=1S/C17H14O4/c18-17(13-10-21-14-4-2-1-3-12(13)14)11-5-6-15-16(9-11)20-8-7-19-15/h1-6,9-10,17-18H,7-8H2. The highest BCUT2D eigenvalue weighted by Gasteiger charge is 2.19. The van der Waals surface area contributed by atoms with Gasteiger partial charge in [0, 0.05) is 10.9 Å². The lowest BCUT2D eigenvalue weighted by Gasteiger charge is -2.20. The lowest BCUT2D eigenvalue weighted by atomic mass is 10.0. The van der Waals surface area contributed by atoms with E-state index in [1.807, 2.05) is 42.5 Å². The highest BCUT2D eigenvalue weighted by molar-refractivity contribution is 5.81. The second-order valence-electron chi connectivity index (χ2n) is 4.99. The molecule has 0 spiro atoms. The Balaban J connectivity index is 1.75. The van der Waals surface area contributed by atoms with Crippen LogP contribution in [-0.2, 0) is 0 Å². The second kappa shape index (κ2) is 4.82. The molecule has 2 aromatic carbocycles. The van der Waals surface area contributed by atoms with E-state index in [-0.39, 0.29) is 0 Å². The summed E-state index contributed by atoms with van der Waals surface area (Å²) in [7, 11) is 0. The van der Waals surface area contributed by atoms with E-state index in [2.05, 4.69) is 0 Å². The Morgan fingerprint density at radius 1 is 0.952 bits per heavy atom. The fraction of sp³-hybridized carbons (Fsp3) is 0.176. The molecule has 1 N–H and O–H groups in total. The van der Waals surface area contributed by atoms with E-state index in [1.54, 1.807) is 6.26 Å². The highest BCUT2D eigenvalue weighted by Crippen LogP contribution is 2.36. The Morgan fingerprint density at radius 3 is 2.67 bits per heavy atom. The predicted molar refractivity (Wildman–Crippen MR) is 77.7 cm³/mol. The van der Waals surface area contributed by atoms with E-state index < -0.39 is 6.10 Å². The third-order valence-corrected chi connectivity index (χ3v) is 3.69. The molecule has 0 saturated heterocycles. The van der Waals surface area contributed by atoms with Crippen LogP contribution in [0.5, 0.6) is 11.5 Å². The molecule has 1 unspecified atom stereocenters. The fourth-order valence-electron chi connectivity index (χ4n) is 2.62. The first-order valence-corrected chi connectivity index (χ1v) is 6.87. The van der Waals surface area contributed by atoms with Crippen molar-refractivity contribution in [2.75, 3.05) is 13.2 Å². The molecule has 21 heavy (non-hydrogen) atoms. The Kier molecular flexibility index (Phi) is 2.82. The maximum atomic E-state index is 10.6. The molecule has 0 radical (unpaired) electrons. The summed E-state index contributed by atoms with van der Waals surface area (Å²) >= 11 is 0. The molecule has 4 nitrogen and oxygen atoms in total. The largest absolute Gasteiger partial charge is 0.486 e. The summed E-state index contributed by atoms with van der Waals surface area (Å²) in [5, 5.41) is 11.5. The average Bonchev–Trinajstić information content (AvgIpc) is 2.98. The molecule has 1 atom stereocenters. The summed E-state index contributed by atoms with van der Waals surface area (Å²) < 4.78 is 16.5. The molecule has 0 amide bonds. The summed E-state index contributed by atoms with van der Waals surface area (Å²) in [4.78, 5) is 0. The average molecular weight is 282 g/mol. The van der Waals surface area contributed by atoms with Gasteiger partial charge in [-0.3, -0.25) is 0 Å². The third kappa shape index (κ3) is 2.04. The van der Waals surface area contributed by atoms with Gasteiger partial charge in [0.25, 0.3) is 0 Å². The molecule has 4 heteroatoms. The fourth-order valence-corrected chi connectivity index (χ4v) is 2.62. The van der Waals surface area contributed by atoms with E-state index in [4.69, 9.17) is 13.9 Å². The monoisotopic (exact) mass is 282 g/mol. The number of hydrogen-bond acceptors (Lipinski definition) is 4. The first-order valence-electron chi connectivity index (χ1n) is 6.87. The molecule has 1 aromatic heterocycles. The number of furan rings is 1. The van der Waals surface area contributed by atoms with Crippen molar-refractivity contribution >= 4 is 11.0 Å². The van der Waals surface area contributed by atoms with Crippen LogP contribution in [-0.4, -0.2) is 18.3 Å². The SMILES string of the molecule is OC(c1ccc2c(c1)OCCO2)c1coc2ccccc12. The molecule has 2 heterocycles. The van der Waals surface area contributed by atoms with Gasteiger partial charge in [0.2, 0.25) is 0 Å². The number of ether oxygens (including phenoxy) is 2. The summed E-state index contributed by atoms with van der Waals surface area (Å²) in [6, 6.07) is 13.2. The minimum atomic E-state index is -0.760. The Labute approximate surface area is 121 Å². The molecule has 4 rings (SSSR count). The Hall–Kier alpha value is -2.46. The molecule has 3 aromatic rings. The van der Waals surface area contributed by atoms with Gasteiger partial charge in [-0.25, -0.2) is 0 Å². The zero-order valence-corrected chi connectivity index (χ0v) is 11.3. The third-order valence-electron chi connectivity index (χ3n) is 3.69. The van der Waals surface area contributed by atoms with Gasteiger partial charge in [0.1, 0.15) is 24.9 Å². The van der Waals surface area contributed by atoms with Crippen molar-refractivity contribution in [2.24, 2.45) is 0 Å². The van der Waals surface area contributed by atoms with Crippen LogP contribution in [0.1, 0.15) is 17.2 Å². The van der Waals surface area contributed by atoms with E-state index in [9.17, 15) is 5.11 Å². The van der Waals surface area contributed by atoms with Gasteiger partial charge in [0.05, 0.1) is 6.26 Å². The van der Waals surface area contributed by atoms with E-state index in [0.29, 0.717) is 24.7 Å². The molecular formula is C17H14O4. The van der Waals surface area contributed by atoms with E-state index in [1.165, 1.54) is 0 Å². The zero-order valence-electron chi connectivity index (χ0n) is 11.3. The molecule has 1 aliphatic heterocycles. The van der Waals surface area contributed by atoms with Crippen LogP contribution in [0.25, 0.3) is 11.0 Å². The van der Waals surface area contributed by atoms with Gasteiger partial charge in [-0.2, -0.15) is 0 Å². The minimum Gasteiger partial charge on any atom is -0.486 e. The van der Waals surface area contributed by atoms with Gasteiger partial charge in [-0.15, -0.1) is 0 Å². The van der Waals surface area contributed by atoms with Crippen molar-refractivity contribution in [2.45, 2.75) is 6.10 Å². The maximum absolute atomic E-state index is 10.6. The highest BCUT2D eigenvalue weighted by atomic mass is 16.6. The lowest BCUT2D eigenvalue weighted by Crippen LogP contribution is -2.15. The summed E-state index contributed by atoms with van der Waals surface area (Å²) in [5.74, 6) is 1.39. The normalized spacial score (nSPS) is 15.1. The summed E-state index contributed by atoms with van der Waals surface area (Å²) in [6.45, 7) is 1.09. The zero-order chi connectivity index (χ0) is 14.2. The first-order chi connectivity index (χ1) is 10.3. The number of fused-ring (bicyclic) bond motifs is 2. The van der Waals surface area contributed by atoms with Gasteiger partial charge in [0.15, 0.2) is 11.5 Å². The Morgan fingerprint density at radius 2 is 1.76 bits per heavy atom. The van der Waals surface area contributed by atoms with E-state index in [0.717, 1.165) is 22.1 Å². The van der Waals surface area contributed by atoms with Gasteiger partial charge in [-0.05, 0) is 23.8 Å². The first kappa shape index (κ1) is 12.3. The van der Waals surface area contributed by atoms with Gasteiger partial charge < -0.3 is 19.0 Å². The van der Waals surface area contributed by atoms with Gasteiger partial charge >= 0.3 is 0 Å².